The Morgan fingerprint density at radius 3 is 2.70 bits per heavy atom. The van der Waals surface area contributed by atoms with Gasteiger partial charge in [-0.25, -0.2) is 4.98 Å². The third kappa shape index (κ3) is 2.52. The summed E-state index contributed by atoms with van der Waals surface area (Å²) in [7, 11) is 0. The van der Waals surface area contributed by atoms with Gasteiger partial charge in [0, 0.05) is 12.6 Å². The Hall–Kier alpha value is -1.55. The number of nitrogens with zero attached hydrogens (tertiary/aromatic N) is 2. The summed E-state index contributed by atoms with van der Waals surface area (Å²) < 4.78 is 2.27. The highest BCUT2D eigenvalue weighted by atomic mass is 15.2. The Morgan fingerprint density at radius 1 is 1.25 bits per heavy atom. The van der Waals surface area contributed by atoms with Gasteiger partial charge in [0.2, 0.25) is 5.95 Å². The number of benzene rings is 1. The lowest BCUT2D eigenvalue weighted by molar-refractivity contribution is 0.343. The number of para-hydroxylation sites is 2. The minimum atomic E-state index is 0.542. The van der Waals surface area contributed by atoms with Gasteiger partial charge in [-0.2, -0.15) is 0 Å². The van der Waals surface area contributed by atoms with E-state index in [4.69, 9.17) is 10.7 Å². The average Bonchev–Trinajstić information content (AvgIpc) is 2.85. The Balaban J connectivity index is 1.77. The van der Waals surface area contributed by atoms with Crippen LogP contribution in [0.3, 0.4) is 0 Å². The summed E-state index contributed by atoms with van der Waals surface area (Å²) in [5.41, 5.74) is 8.05. The van der Waals surface area contributed by atoms with Crippen molar-refractivity contribution in [3.05, 3.63) is 24.3 Å². The molecule has 1 aliphatic carbocycles. The smallest absolute Gasteiger partial charge is 0.204 e. The van der Waals surface area contributed by atoms with E-state index in [1.807, 2.05) is 6.07 Å². The standard InChI is InChI=1S/C16H24N4/c1-2-20-15-6-4-3-5-14(15)19-16(20)18-13-9-7-12(11-17)8-10-13/h3-6,12-13H,2,7-11,17H2,1H3,(H,18,19)/t12-,13-. The normalized spacial score (nSPS) is 23.1. The van der Waals surface area contributed by atoms with E-state index >= 15 is 0 Å². The van der Waals surface area contributed by atoms with Crippen LogP contribution in [0.5, 0.6) is 0 Å². The van der Waals surface area contributed by atoms with Gasteiger partial charge in [0.1, 0.15) is 0 Å². The molecule has 1 saturated carbocycles. The molecule has 0 spiro atoms. The molecule has 4 heteroatoms. The number of nitrogens with two attached hydrogens (primary N) is 1. The van der Waals surface area contributed by atoms with Crippen molar-refractivity contribution in [2.75, 3.05) is 11.9 Å². The molecule has 0 amide bonds. The molecule has 1 heterocycles. The molecule has 0 saturated heterocycles. The van der Waals surface area contributed by atoms with E-state index in [9.17, 15) is 0 Å². The summed E-state index contributed by atoms with van der Waals surface area (Å²) in [6, 6.07) is 8.89. The number of nitrogens with one attached hydrogen (secondary N) is 1. The summed E-state index contributed by atoms with van der Waals surface area (Å²) in [5.74, 6) is 1.74. The van der Waals surface area contributed by atoms with E-state index in [0.29, 0.717) is 6.04 Å². The van der Waals surface area contributed by atoms with Gasteiger partial charge in [-0.1, -0.05) is 12.1 Å². The molecule has 3 N–H and O–H groups in total. The maximum absolute atomic E-state index is 5.76. The van der Waals surface area contributed by atoms with Crippen molar-refractivity contribution in [3.8, 4) is 0 Å². The first-order valence-corrected chi connectivity index (χ1v) is 7.73. The molecule has 0 unspecified atom stereocenters. The van der Waals surface area contributed by atoms with Gasteiger partial charge in [0.05, 0.1) is 11.0 Å². The SMILES string of the molecule is CCn1c(N[C@H]2CC[C@H](CN)CC2)nc2ccccc21. The quantitative estimate of drug-likeness (QED) is 0.899. The van der Waals surface area contributed by atoms with Crippen LogP contribution < -0.4 is 11.1 Å². The molecule has 0 aliphatic heterocycles. The molecule has 0 radical (unpaired) electrons. The molecule has 108 valence electrons. The van der Waals surface area contributed by atoms with E-state index in [1.165, 1.54) is 31.2 Å². The van der Waals surface area contributed by atoms with Gasteiger partial charge in [0.15, 0.2) is 0 Å². The molecule has 3 rings (SSSR count). The van der Waals surface area contributed by atoms with E-state index in [1.54, 1.807) is 0 Å². The van der Waals surface area contributed by atoms with Crippen LogP contribution >= 0.6 is 0 Å². The van der Waals surface area contributed by atoms with Gasteiger partial charge in [0.25, 0.3) is 0 Å². The second-order valence-corrected chi connectivity index (χ2v) is 5.77. The van der Waals surface area contributed by atoms with E-state index in [2.05, 4.69) is 35.0 Å². The van der Waals surface area contributed by atoms with Crippen LogP contribution in [-0.2, 0) is 6.54 Å². The molecule has 0 atom stereocenters. The first-order valence-electron chi connectivity index (χ1n) is 7.73. The monoisotopic (exact) mass is 272 g/mol. The Morgan fingerprint density at radius 2 is 2.00 bits per heavy atom. The van der Waals surface area contributed by atoms with Crippen molar-refractivity contribution in [1.82, 2.24) is 9.55 Å². The third-order valence-corrected chi connectivity index (χ3v) is 4.48. The predicted molar refractivity (Wildman–Crippen MR) is 83.8 cm³/mol. The second-order valence-electron chi connectivity index (χ2n) is 5.77. The lowest BCUT2D eigenvalue weighted by Crippen LogP contribution is -2.30. The van der Waals surface area contributed by atoms with Crippen LogP contribution in [0.1, 0.15) is 32.6 Å². The Bertz CT molecular complexity index is 567. The minimum absolute atomic E-state index is 0.542. The van der Waals surface area contributed by atoms with Gasteiger partial charge >= 0.3 is 0 Å². The van der Waals surface area contributed by atoms with Crippen molar-refractivity contribution >= 4 is 17.0 Å². The summed E-state index contributed by atoms with van der Waals surface area (Å²) in [6.45, 7) is 3.95. The average molecular weight is 272 g/mol. The fourth-order valence-electron chi connectivity index (χ4n) is 3.23. The van der Waals surface area contributed by atoms with Crippen LogP contribution in [0, 0.1) is 5.92 Å². The number of imidazole rings is 1. The van der Waals surface area contributed by atoms with Crippen LogP contribution in [-0.4, -0.2) is 22.1 Å². The summed E-state index contributed by atoms with van der Waals surface area (Å²) in [5, 5.41) is 3.65. The van der Waals surface area contributed by atoms with Crippen molar-refractivity contribution in [3.63, 3.8) is 0 Å². The molecule has 1 aromatic heterocycles. The number of anilines is 1. The zero-order chi connectivity index (χ0) is 13.9. The highest BCUT2D eigenvalue weighted by molar-refractivity contribution is 5.78. The number of hydrogen-bond donors (Lipinski definition) is 2. The van der Waals surface area contributed by atoms with Crippen molar-refractivity contribution < 1.29 is 0 Å². The summed E-state index contributed by atoms with van der Waals surface area (Å²) in [6.07, 6.45) is 4.88. The summed E-state index contributed by atoms with van der Waals surface area (Å²) in [4.78, 5) is 4.74. The molecular formula is C16H24N4. The lowest BCUT2D eigenvalue weighted by atomic mass is 9.86. The number of rotatable bonds is 4. The fraction of sp³-hybridized carbons (Fsp3) is 0.562. The molecule has 1 aliphatic rings. The predicted octanol–water partition coefficient (Wildman–Crippen LogP) is 2.99. The van der Waals surface area contributed by atoms with Crippen molar-refractivity contribution in [2.45, 2.75) is 45.2 Å². The zero-order valence-corrected chi connectivity index (χ0v) is 12.2. The Kier molecular flexibility index (Phi) is 3.92. The molecule has 4 nitrogen and oxygen atoms in total. The maximum atomic E-state index is 5.76. The first-order chi connectivity index (χ1) is 9.81. The van der Waals surface area contributed by atoms with Gasteiger partial charge in [-0.3, -0.25) is 0 Å². The number of hydrogen-bond acceptors (Lipinski definition) is 3. The maximum Gasteiger partial charge on any atom is 0.204 e. The molecule has 2 aromatic rings. The van der Waals surface area contributed by atoms with Crippen LogP contribution in [0.4, 0.5) is 5.95 Å². The van der Waals surface area contributed by atoms with Gasteiger partial charge < -0.3 is 15.6 Å². The van der Waals surface area contributed by atoms with E-state index < -0.39 is 0 Å². The molecule has 20 heavy (non-hydrogen) atoms. The molecular weight excluding hydrogens is 248 g/mol. The first kappa shape index (κ1) is 13.4. The number of fused-ring (bicyclic) bond motifs is 1. The van der Waals surface area contributed by atoms with Crippen molar-refractivity contribution in [1.29, 1.82) is 0 Å². The molecule has 0 bridgehead atoms. The van der Waals surface area contributed by atoms with Crippen LogP contribution in [0.15, 0.2) is 24.3 Å². The second kappa shape index (κ2) is 5.83. The van der Waals surface area contributed by atoms with Crippen LogP contribution in [0.2, 0.25) is 0 Å². The zero-order valence-electron chi connectivity index (χ0n) is 12.2. The largest absolute Gasteiger partial charge is 0.353 e. The van der Waals surface area contributed by atoms with E-state index in [0.717, 1.165) is 30.5 Å². The highest BCUT2D eigenvalue weighted by Crippen LogP contribution is 2.27. The Labute approximate surface area is 120 Å². The number of aromatic nitrogens is 2. The van der Waals surface area contributed by atoms with Gasteiger partial charge in [-0.15, -0.1) is 0 Å². The summed E-state index contributed by atoms with van der Waals surface area (Å²) >= 11 is 0. The van der Waals surface area contributed by atoms with E-state index in [-0.39, 0.29) is 0 Å². The molecule has 1 fully saturated rings. The fourth-order valence-corrected chi connectivity index (χ4v) is 3.23. The van der Waals surface area contributed by atoms with Gasteiger partial charge in [-0.05, 0) is 57.2 Å². The minimum Gasteiger partial charge on any atom is -0.353 e. The van der Waals surface area contributed by atoms with Crippen LogP contribution in [0.25, 0.3) is 11.0 Å². The third-order valence-electron chi connectivity index (χ3n) is 4.48. The van der Waals surface area contributed by atoms with Crippen molar-refractivity contribution in [2.24, 2.45) is 11.7 Å². The topological polar surface area (TPSA) is 55.9 Å². The highest BCUT2D eigenvalue weighted by Gasteiger charge is 2.21. The lowest BCUT2D eigenvalue weighted by Gasteiger charge is -2.28. The number of aryl methyl sites for hydroxylation is 1. The molecule has 1 aromatic carbocycles.